The SMILES string of the molecule is CCCCCC=C=C(CCO)c1ccccc1. The normalized spacial score (nSPS) is 9.76. The Hall–Kier alpha value is -1.30. The molecule has 1 rings (SSSR count). The third kappa shape index (κ3) is 5.53. The summed E-state index contributed by atoms with van der Waals surface area (Å²) >= 11 is 0. The Morgan fingerprint density at radius 3 is 2.65 bits per heavy atom. The third-order valence-corrected chi connectivity index (χ3v) is 2.71. The summed E-state index contributed by atoms with van der Waals surface area (Å²) in [6, 6.07) is 10.2. The molecule has 1 nitrogen and oxygen atoms in total. The first-order chi connectivity index (χ1) is 8.38. The molecule has 0 aliphatic rings. The lowest BCUT2D eigenvalue weighted by Gasteiger charge is -2.02. The second-order valence-corrected chi connectivity index (χ2v) is 4.16. The van der Waals surface area contributed by atoms with Crippen LogP contribution in [0.3, 0.4) is 0 Å². The molecule has 17 heavy (non-hydrogen) atoms. The van der Waals surface area contributed by atoms with Gasteiger partial charge in [-0.1, -0.05) is 50.1 Å². The summed E-state index contributed by atoms with van der Waals surface area (Å²) < 4.78 is 0. The molecule has 92 valence electrons. The number of rotatable bonds is 7. The van der Waals surface area contributed by atoms with E-state index >= 15 is 0 Å². The first-order valence-electron chi connectivity index (χ1n) is 6.48. The van der Waals surface area contributed by atoms with Crippen LogP contribution in [0.4, 0.5) is 0 Å². The largest absolute Gasteiger partial charge is 0.396 e. The minimum Gasteiger partial charge on any atom is -0.396 e. The number of benzene rings is 1. The van der Waals surface area contributed by atoms with E-state index in [2.05, 4.69) is 30.9 Å². The molecule has 0 saturated heterocycles. The van der Waals surface area contributed by atoms with Crippen LogP contribution in [-0.4, -0.2) is 11.7 Å². The van der Waals surface area contributed by atoms with Crippen molar-refractivity contribution in [2.45, 2.75) is 39.0 Å². The maximum atomic E-state index is 9.06. The van der Waals surface area contributed by atoms with E-state index in [9.17, 15) is 0 Å². The first-order valence-corrected chi connectivity index (χ1v) is 6.48. The molecule has 0 aliphatic heterocycles. The van der Waals surface area contributed by atoms with E-state index in [1.54, 1.807) is 0 Å². The summed E-state index contributed by atoms with van der Waals surface area (Å²) in [5.74, 6) is 0. The molecule has 0 fully saturated rings. The Morgan fingerprint density at radius 2 is 2.00 bits per heavy atom. The Labute approximate surface area is 104 Å². The number of aliphatic hydroxyl groups excluding tert-OH is 1. The predicted octanol–water partition coefficient (Wildman–Crippen LogP) is 4.19. The van der Waals surface area contributed by atoms with Gasteiger partial charge in [0, 0.05) is 18.6 Å². The van der Waals surface area contributed by atoms with Crippen LogP contribution in [-0.2, 0) is 0 Å². The summed E-state index contributed by atoms with van der Waals surface area (Å²) in [4.78, 5) is 0. The lowest BCUT2D eigenvalue weighted by atomic mass is 10.0. The van der Waals surface area contributed by atoms with Crippen LogP contribution in [0.15, 0.2) is 42.1 Å². The molecule has 0 aliphatic carbocycles. The van der Waals surface area contributed by atoms with Gasteiger partial charge in [0.25, 0.3) is 0 Å². The molecule has 0 bridgehead atoms. The molecule has 1 aromatic carbocycles. The molecule has 0 radical (unpaired) electrons. The topological polar surface area (TPSA) is 20.2 Å². The zero-order chi connectivity index (χ0) is 12.3. The van der Waals surface area contributed by atoms with Crippen molar-refractivity contribution in [2.75, 3.05) is 6.61 Å². The summed E-state index contributed by atoms with van der Waals surface area (Å²) in [7, 11) is 0. The van der Waals surface area contributed by atoms with Gasteiger partial charge in [-0.15, -0.1) is 5.73 Å². The molecular formula is C16H22O. The fraction of sp³-hybridized carbons (Fsp3) is 0.438. The van der Waals surface area contributed by atoms with Gasteiger partial charge < -0.3 is 5.11 Å². The molecule has 0 spiro atoms. The zero-order valence-corrected chi connectivity index (χ0v) is 10.7. The Bertz CT molecular complexity index is 358. The molecule has 0 amide bonds. The van der Waals surface area contributed by atoms with Gasteiger partial charge >= 0.3 is 0 Å². The average molecular weight is 230 g/mol. The van der Waals surface area contributed by atoms with E-state index in [0.29, 0.717) is 6.42 Å². The molecular weight excluding hydrogens is 208 g/mol. The van der Waals surface area contributed by atoms with Gasteiger partial charge in [-0.3, -0.25) is 0 Å². The van der Waals surface area contributed by atoms with Crippen molar-refractivity contribution in [1.82, 2.24) is 0 Å². The molecule has 0 unspecified atom stereocenters. The molecule has 0 saturated carbocycles. The standard InChI is InChI=1S/C16H22O/c1-2-3-4-5-7-12-16(13-14-17)15-10-8-6-9-11-15/h6-11,17H,2-5,13-14H2,1H3. The summed E-state index contributed by atoms with van der Waals surface area (Å²) in [6.45, 7) is 2.39. The summed E-state index contributed by atoms with van der Waals surface area (Å²) in [6.07, 6.45) is 7.61. The van der Waals surface area contributed by atoms with Crippen molar-refractivity contribution in [3.05, 3.63) is 47.7 Å². The van der Waals surface area contributed by atoms with Crippen LogP contribution in [0.2, 0.25) is 0 Å². The zero-order valence-electron chi connectivity index (χ0n) is 10.7. The van der Waals surface area contributed by atoms with E-state index in [1.807, 2.05) is 18.2 Å². The van der Waals surface area contributed by atoms with Crippen molar-refractivity contribution in [1.29, 1.82) is 0 Å². The van der Waals surface area contributed by atoms with Crippen molar-refractivity contribution in [2.24, 2.45) is 0 Å². The summed E-state index contributed by atoms with van der Waals surface area (Å²) in [5, 5.41) is 9.06. The highest BCUT2D eigenvalue weighted by Crippen LogP contribution is 2.16. The van der Waals surface area contributed by atoms with E-state index in [0.717, 1.165) is 17.6 Å². The van der Waals surface area contributed by atoms with E-state index in [4.69, 9.17) is 5.11 Å². The van der Waals surface area contributed by atoms with Gasteiger partial charge in [-0.05, 0) is 24.5 Å². The third-order valence-electron chi connectivity index (χ3n) is 2.71. The highest BCUT2D eigenvalue weighted by atomic mass is 16.2. The Morgan fingerprint density at radius 1 is 1.24 bits per heavy atom. The average Bonchev–Trinajstić information content (AvgIpc) is 2.38. The number of hydrogen-bond donors (Lipinski definition) is 1. The highest BCUT2D eigenvalue weighted by Gasteiger charge is 1.98. The Balaban J connectivity index is 2.68. The number of hydrogen-bond acceptors (Lipinski definition) is 1. The number of unbranched alkanes of at least 4 members (excludes halogenated alkanes) is 3. The molecule has 0 aromatic heterocycles. The first kappa shape index (κ1) is 13.8. The highest BCUT2D eigenvalue weighted by molar-refractivity contribution is 5.64. The Kier molecular flexibility index (Phi) is 7.13. The minimum atomic E-state index is 0.181. The van der Waals surface area contributed by atoms with Crippen LogP contribution in [0.5, 0.6) is 0 Å². The lowest BCUT2D eigenvalue weighted by molar-refractivity contribution is 0.305. The monoisotopic (exact) mass is 230 g/mol. The molecule has 0 atom stereocenters. The lowest BCUT2D eigenvalue weighted by Crippen LogP contribution is -1.87. The van der Waals surface area contributed by atoms with E-state index in [-0.39, 0.29) is 6.61 Å². The van der Waals surface area contributed by atoms with Crippen molar-refractivity contribution in [3.8, 4) is 0 Å². The fourth-order valence-electron chi connectivity index (χ4n) is 1.74. The summed E-state index contributed by atoms with van der Waals surface area (Å²) in [5.41, 5.74) is 5.59. The second-order valence-electron chi connectivity index (χ2n) is 4.16. The second kappa shape index (κ2) is 8.81. The van der Waals surface area contributed by atoms with E-state index < -0.39 is 0 Å². The smallest absolute Gasteiger partial charge is 0.0477 e. The van der Waals surface area contributed by atoms with Crippen LogP contribution >= 0.6 is 0 Å². The van der Waals surface area contributed by atoms with Crippen molar-refractivity contribution in [3.63, 3.8) is 0 Å². The molecule has 1 N–H and O–H groups in total. The van der Waals surface area contributed by atoms with Gasteiger partial charge in [0.2, 0.25) is 0 Å². The van der Waals surface area contributed by atoms with Crippen LogP contribution in [0.25, 0.3) is 5.57 Å². The van der Waals surface area contributed by atoms with E-state index in [1.165, 1.54) is 19.3 Å². The fourth-order valence-corrected chi connectivity index (χ4v) is 1.74. The van der Waals surface area contributed by atoms with Gasteiger partial charge in [-0.2, -0.15) is 0 Å². The molecule has 0 heterocycles. The van der Waals surface area contributed by atoms with Gasteiger partial charge in [-0.25, -0.2) is 0 Å². The van der Waals surface area contributed by atoms with Crippen molar-refractivity contribution >= 4 is 5.57 Å². The number of aliphatic hydroxyl groups is 1. The van der Waals surface area contributed by atoms with Gasteiger partial charge in [0.15, 0.2) is 0 Å². The van der Waals surface area contributed by atoms with Gasteiger partial charge in [0.1, 0.15) is 0 Å². The van der Waals surface area contributed by atoms with Crippen molar-refractivity contribution < 1.29 is 5.11 Å². The minimum absolute atomic E-state index is 0.181. The predicted molar refractivity (Wildman–Crippen MR) is 73.8 cm³/mol. The maximum Gasteiger partial charge on any atom is 0.0477 e. The van der Waals surface area contributed by atoms with Gasteiger partial charge in [0.05, 0.1) is 0 Å². The van der Waals surface area contributed by atoms with Crippen LogP contribution < -0.4 is 0 Å². The van der Waals surface area contributed by atoms with Crippen LogP contribution in [0.1, 0.15) is 44.6 Å². The molecule has 1 aromatic rings. The maximum absolute atomic E-state index is 9.06. The van der Waals surface area contributed by atoms with Crippen LogP contribution in [0, 0.1) is 0 Å². The quantitative estimate of drug-likeness (QED) is 0.550. The molecule has 1 heteroatoms.